The Morgan fingerprint density at radius 3 is 2.78 bits per heavy atom. The number of nitrogens with one attached hydrogen (secondary N) is 2. The number of carbonyl (C=O) groups is 1. The van der Waals surface area contributed by atoms with Crippen molar-refractivity contribution in [3.63, 3.8) is 0 Å². The van der Waals surface area contributed by atoms with Gasteiger partial charge in [-0.1, -0.05) is 6.08 Å². The Hall–Kier alpha value is -1.78. The van der Waals surface area contributed by atoms with Gasteiger partial charge in [0.05, 0.1) is 17.4 Å². The van der Waals surface area contributed by atoms with Gasteiger partial charge in [0.25, 0.3) is 0 Å². The lowest BCUT2D eigenvalue weighted by Crippen LogP contribution is -2.37. The number of hydrogen-bond acceptors (Lipinski definition) is 3. The van der Waals surface area contributed by atoms with E-state index in [0.29, 0.717) is 6.54 Å². The molecule has 1 aromatic rings. The molecule has 0 radical (unpaired) electrons. The number of anilines is 1. The van der Waals surface area contributed by atoms with Crippen LogP contribution in [0.5, 0.6) is 0 Å². The first-order valence-electron chi connectivity index (χ1n) is 6.05. The summed E-state index contributed by atoms with van der Waals surface area (Å²) in [7, 11) is 0. The zero-order valence-electron chi connectivity index (χ0n) is 11.5. The molecule has 0 aliphatic heterocycles. The topological polar surface area (TPSA) is 59.0 Å². The predicted octanol–water partition coefficient (Wildman–Crippen LogP) is 1.74. The maximum absolute atomic E-state index is 11.7. The van der Waals surface area contributed by atoms with Crippen molar-refractivity contribution in [3.8, 4) is 0 Å². The molecule has 1 heterocycles. The van der Waals surface area contributed by atoms with E-state index in [1.165, 1.54) is 0 Å². The highest BCUT2D eigenvalue weighted by molar-refractivity contribution is 5.84. The summed E-state index contributed by atoms with van der Waals surface area (Å²) in [6, 6.07) is -0.303. The lowest BCUT2D eigenvalue weighted by atomic mass is 10.1. The Bertz CT molecular complexity index is 417. The second kappa shape index (κ2) is 5.71. The Balaban J connectivity index is 2.59. The molecule has 1 atom stereocenters. The summed E-state index contributed by atoms with van der Waals surface area (Å²) in [6.45, 7) is 12.1. The fourth-order valence-corrected chi connectivity index (χ4v) is 1.41. The van der Waals surface area contributed by atoms with Gasteiger partial charge in [-0.3, -0.25) is 9.48 Å². The highest BCUT2D eigenvalue weighted by atomic mass is 16.2. The van der Waals surface area contributed by atoms with Crippen molar-refractivity contribution in [2.45, 2.75) is 39.3 Å². The molecule has 0 aromatic carbocycles. The largest absolute Gasteiger partial charge is 0.371 e. The standard InChI is InChI=1S/C13H22N4O/c1-6-7-14-12(18)10(2)16-11-8-15-17(9-11)13(3,4)5/h6,8-10,16H,1,7H2,2-5H3,(H,14,18). The van der Waals surface area contributed by atoms with Crippen LogP contribution in [0.25, 0.3) is 0 Å². The molecule has 0 spiro atoms. The van der Waals surface area contributed by atoms with E-state index >= 15 is 0 Å². The van der Waals surface area contributed by atoms with Gasteiger partial charge >= 0.3 is 0 Å². The lowest BCUT2D eigenvalue weighted by molar-refractivity contribution is -0.121. The van der Waals surface area contributed by atoms with Gasteiger partial charge in [0.15, 0.2) is 0 Å². The summed E-state index contributed by atoms with van der Waals surface area (Å²) >= 11 is 0. The Morgan fingerprint density at radius 1 is 1.61 bits per heavy atom. The first-order chi connectivity index (χ1) is 8.34. The van der Waals surface area contributed by atoms with Gasteiger partial charge in [-0.15, -0.1) is 6.58 Å². The monoisotopic (exact) mass is 250 g/mol. The number of carbonyl (C=O) groups excluding carboxylic acids is 1. The summed E-state index contributed by atoms with van der Waals surface area (Å²) in [5.41, 5.74) is 0.778. The van der Waals surface area contributed by atoms with Crippen molar-refractivity contribution in [1.29, 1.82) is 0 Å². The normalized spacial score (nSPS) is 12.9. The van der Waals surface area contributed by atoms with Crippen molar-refractivity contribution in [3.05, 3.63) is 25.0 Å². The van der Waals surface area contributed by atoms with E-state index in [1.807, 2.05) is 17.8 Å². The van der Waals surface area contributed by atoms with Crippen LogP contribution < -0.4 is 10.6 Å². The molecule has 5 heteroatoms. The van der Waals surface area contributed by atoms with Crippen LogP contribution in [0, 0.1) is 0 Å². The third-order valence-corrected chi connectivity index (χ3v) is 2.47. The van der Waals surface area contributed by atoms with E-state index in [4.69, 9.17) is 0 Å². The Kier molecular flexibility index (Phi) is 4.53. The molecule has 1 aromatic heterocycles. The molecule has 0 aliphatic carbocycles. The van der Waals surface area contributed by atoms with Crippen LogP contribution in [0.3, 0.4) is 0 Å². The van der Waals surface area contributed by atoms with E-state index in [1.54, 1.807) is 12.3 Å². The summed E-state index contributed by atoms with van der Waals surface area (Å²) in [4.78, 5) is 11.7. The number of aromatic nitrogens is 2. The SMILES string of the molecule is C=CCNC(=O)C(C)Nc1cnn(C(C)(C)C)c1. The van der Waals surface area contributed by atoms with Crippen molar-refractivity contribution in [2.24, 2.45) is 0 Å². The van der Waals surface area contributed by atoms with Gasteiger partial charge in [0, 0.05) is 12.7 Å². The van der Waals surface area contributed by atoms with Gasteiger partial charge in [-0.2, -0.15) is 5.10 Å². The predicted molar refractivity (Wildman–Crippen MR) is 73.5 cm³/mol. The van der Waals surface area contributed by atoms with Crippen LogP contribution in [-0.2, 0) is 10.3 Å². The molecule has 0 fully saturated rings. The quantitative estimate of drug-likeness (QED) is 0.783. The minimum absolute atomic E-state index is 0.0570. The van der Waals surface area contributed by atoms with Gasteiger partial charge < -0.3 is 10.6 Å². The maximum atomic E-state index is 11.7. The van der Waals surface area contributed by atoms with Crippen molar-refractivity contribution in [2.75, 3.05) is 11.9 Å². The number of nitrogens with zero attached hydrogens (tertiary/aromatic N) is 2. The first kappa shape index (κ1) is 14.3. The molecule has 0 bridgehead atoms. The molecule has 0 aliphatic rings. The van der Waals surface area contributed by atoms with E-state index in [-0.39, 0.29) is 17.5 Å². The van der Waals surface area contributed by atoms with Crippen LogP contribution in [0.4, 0.5) is 5.69 Å². The van der Waals surface area contributed by atoms with Crippen LogP contribution in [0.1, 0.15) is 27.7 Å². The Labute approximate surface area is 108 Å². The number of rotatable bonds is 5. The van der Waals surface area contributed by atoms with Crippen LogP contribution in [-0.4, -0.2) is 28.3 Å². The van der Waals surface area contributed by atoms with E-state index in [0.717, 1.165) is 5.69 Å². The fourth-order valence-electron chi connectivity index (χ4n) is 1.41. The van der Waals surface area contributed by atoms with Gasteiger partial charge in [-0.25, -0.2) is 0 Å². The zero-order valence-corrected chi connectivity index (χ0v) is 11.5. The summed E-state index contributed by atoms with van der Waals surface area (Å²) in [6.07, 6.45) is 5.28. The molecule has 18 heavy (non-hydrogen) atoms. The fraction of sp³-hybridized carbons (Fsp3) is 0.538. The molecule has 1 rings (SSSR count). The van der Waals surface area contributed by atoms with E-state index < -0.39 is 0 Å². The molecule has 5 nitrogen and oxygen atoms in total. The highest BCUT2D eigenvalue weighted by Crippen LogP contribution is 2.16. The zero-order chi connectivity index (χ0) is 13.8. The molecule has 100 valence electrons. The molecule has 1 amide bonds. The third-order valence-electron chi connectivity index (χ3n) is 2.47. The van der Waals surface area contributed by atoms with Crippen molar-refractivity contribution in [1.82, 2.24) is 15.1 Å². The average Bonchev–Trinajstić information content (AvgIpc) is 2.73. The molecule has 1 unspecified atom stereocenters. The second-order valence-electron chi connectivity index (χ2n) is 5.24. The van der Waals surface area contributed by atoms with Crippen molar-refractivity contribution >= 4 is 11.6 Å². The van der Waals surface area contributed by atoms with Crippen molar-refractivity contribution < 1.29 is 4.79 Å². The number of amides is 1. The molecule has 0 saturated carbocycles. The maximum Gasteiger partial charge on any atom is 0.242 e. The molecular formula is C13H22N4O. The Morgan fingerprint density at radius 2 is 2.28 bits per heavy atom. The summed E-state index contributed by atoms with van der Waals surface area (Å²) in [5, 5.41) is 10.1. The summed E-state index contributed by atoms with van der Waals surface area (Å²) in [5.74, 6) is -0.0570. The van der Waals surface area contributed by atoms with E-state index in [9.17, 15) is 4.79 Å². The summed E-state index contributed by atoms with van der Waals surface area (Å²) < 4.78 is 1.86. The molecule has 2 N–H and O–H groups in total. The van der Waals surface area contributed by atoms with Gasteiger partial charge in [-0.05, 0) is 27.7 Å². The first-order valence-corrected chi connectivity index (χ1v) is 6.05. The lowest BCUT2D eigenvalue weighted by Gasteiger charge is -2.19. The van der Waals surface area contributed by atoms with Gasteiger partial charge in [0.1, 0.15) is 6.04 Å². The second-order valence-corrected chi connectivity index (χ2v) is 5.24. The number of hydrogen-bond donors (Lipinski definition) is 2. The third kappa shape index (κ3) is 3.91. The molecular weight excluding hydrogens is 228 g/mol. The van der Waals surface area contributed by atoms with Gasteiger partial charge in [0.2, 0.25) is 5.91 Å². The van der Waals surface area contributed by atoms with E-state index in [2.05, 4.69) is 43.1 Å². The van der Waals surface area contributed by atoms with Crippen LogP contribution in [0.2, 0.25) is 0 Å². The smallest absolute Gasteiger partial charge is 0.242 e. The molecule has 0 saturated heterocycles. The van der Waals surface area contributed by atoms with Crippen LogP contribution >= 0.6 is 0 Å². The van der Waals surface area contributed by atoms with Crippen LogP contribution in [0.15, 0.2) is 25.0 Å². The highest BCUT2D eigenvalue weighted by Gasteiger charge is 2.16. The average molecular weight is 250 g/mol. The minimum atomic E-state index is -0.303. The minimum Gasteiger partial charge on any atom is -0.371 e.